The Morgan fingerprint density at radius 1 is 1.14 bits per heavy atom. The summed E-state index contributed by atoms with van der Waals surface area (Å²) in [6.45, 7) is 14.2. The number of aliphatic hydroxyl groups is 1. The first kappa shape index (κ1) is 28.2. The molecule has 3 nitrogen and oxygen atoms in total. The zero-order valence-electron chi connectivity index (χ0n) is 15.3. The van der Waals surface area contributed by atoms with E-state index in [9.17, 15) is 0 Å². The highest BCUT2D eigenvalue weighted by Crippen LogP contribution is 2.18. The molecule has 0 aliphatic rings. The Hall–Kier alpha value is -1.06. The fraction of sp³-hybridized carbons (Fsp3) is 0.588. The molecule has 0 aliphatic carbocycles. The molecule has 0 aromatic heterocycles. The first-order valence-electron chi connectivity index (χ1n) is 7.50. The summed E-state index contributed by atoms with van der Waals surface area (Å²) >= 11 is 5.94. The summed E-state index contributed by atoms with van der Waals surface area (Å²) in [6.07, 6.45) is 1.25. The van der Waals surface area contributed by atoms with Crippen molar-refractivity contribution in [2.45, 2.75) is 54.9 Å². The number of hydrogen-bond donors (Lipinski definition) is 2. The van der Waals surface area contributed by atoms with Crippen LogP contribution in [0.5, 0.6) is 0 Å². The minimum absolute atomic E-state index is 0.484. The zero-order chi connectivity index (χ0) is 17.8. The average molecular weight is 319 g/mol. The van der Waals surface area contributed by atoms with Crippen molar-refractivity contribution < 1.29 is 5.11 Å². The number of aliphatic imine (C=N–C) groups is 1. The average Bonchev–Trinajstić information content (AvgIpc) is 2.53. The normalized spacial score (nSPS) is 8.43. The fourth-order valence-corrected chi connectivity index (χ4v) is 1.39. The highest BCUT2D eigenvalue weighted by molar-refractivity contribution is 6.34. The van der Waals surface area contributed by atoms with Crippen LogP contribution < -0.4 is 5.73 Å². The lowest BCUT2D eigenvalue weighted by Gasteiger charge is -2.05. The van der Waals surface area contributed by atoms with Crippen LogP contribution >= 0.6 is 11.6 Å². The van der Waals surface area contributed by atoms with Gasteiger partial charge in [0.25, 0.3) is 0 Å². The molecule has 0 amide bonds. The van der Waals surface area contributed by atoms with Crippen molar-refractivity contribution in [1.29, 1.82) is 0 Å². The molecule has 0 saturated carbocycles. The smallest absolute Gasteiger partial charge is 0.127 e. The molecule has 1 rings (SSSR count). The van der Waals surface area contributed by atoms with Crippen LogP contribution in [0.4, 0.5) is 0 Å². The molecular weight excluding hydrogens is 284 g/mol. The van der Waals surface area contributed by atoms with Crippen LogP contribution in [-0.2, 0) is 0 Å². The highest BCUT2D eigenvalue weighted by atomic mass is 35.5. The third kappa shape index (κ3) is 15.2. The topological polar surface area (TPSA) is 58.6 Å². The number of aliphatic hydroxyl groups excluding tert-OH is 1. The minimum Gasteiger partial charge on any atom is -0.400 e. The summed E-state index contributed by atoms with van der Waals surface area (Å²) < 4.78 is 0. The lowest BCUT2D eigenvalue weighted by atomic mass is 10.1. The van der Waals surface area contributed by atoms with Crippen LogP contribution in [0.3, 0.4) is 0 Å². The summed E-state index contributed by atoms with van der Waals surface area (Å²) in [5.74, 6) is 0.484. The number of nitrogens with two attached hydrogens (primary N) is 1. The van der Waals surface area contributed by atoms with E-state index in [1.807, 2.05) is 52.8 Å². The van der Waals surface area contributed by atoms with Gasteiger partial charge in [-0.15, -0.1) is 0 Å². The highest BCUT2D eigenvalue weighted by Gasteiger charge is 2.05. The lowest BCUT2D eigenvalue weighted by molar-refractivity contribution is 0.399. The van der Waals surface area contributed by atoms with Gasteiger partial charge in [-0.3, -0.25) is 4.99 Å². The monoisotopic (exact) mass is 318 g/mol. The number of benzene rings is 1. The maximum Gasteiger partial charge on any atom is 0.127 e. The molecule has 0 aliphatic heterocycles. The molecule has 1 aromatic rings. The first-order chi connectivity index (χ1) is 10.1. The number of aryl methyl sites for hydroxylation is 1. The van der Waals surface area contributed by atoms with E-state index >= 15 is 0 Å². The van der Waals surface area contributed by atoms with Crippen LogP contribution in [0.2, 0.25) is 5.02 Å². The molecular formula is C17H35ClN2O. The molecule has 0 radical (unpaired) electrons. The van der Waals surface area contributed by atoms with Crippen molar-refractivity contribution in [3.8, 4) is 0 Å². The molecule has 0 bridgehead atoms. The minimum atomic E-state index is 0.484. The third-order valence-corrected chi connectivity index (χ3v) is 2.03. The van der Waals surface area contributed by atoms with E-state index in [2.05, 4.69) is 18.8 Å². The molecule has 0 unspecified atom stereocenters. The van der Waals surface area contributed by atoms with Gasteiger partial charge in [-0.05, 0) is 18.6 Å². The van der Waals surface area contributed by atoms with Crippen molar-refractivity contribution in [2.75, 3.05) is 14.2 Å². The number of hydrogen-bond acceptors (Lipinski definition) is 2. The molecule has 0 fully saturated rings. The third-order valence-electron chi connectivity index (χ3n) is 1.72. The van der Waals surface area contributed by atoms with Gasteiger partial charge >= 0.3 is 0 Å². The van der Waals surface area contributed by atoms with E-state index in [0.717, 1.165) is 18.2 Å². The zero-order valence-corrected chi connectivity index (χ0v) is 16.0. The van der Waals surface area contributed by atoms with Crippen molar-refractivity contribution in [3.63, 3.8) is 0 Å². The summed E-state index contributed by atoms with van der Waals surface area (Å²) in [7, 11) is 2.65. The first-order valence-corrected chi connectivity index (χ1v) is 7.88. The van der Waals surface area contributed by atoms with Gasteiger partial charge in [0, 0.05) is 19.7 Å². The van der Waals surface area contributed by atoms with E-state index in [1.165, 1.54) is 6.42 Å². The second-order valence-electron chi connectivity index (χ2n) is 3.25. The number of halogens is 1. The molecule has 1 aromatic carbocycles. The largest absolute Gasteiger partial charge is 0.400 e. The summed E-state index contributed by atoms with van der Waals surface area (Å²) in [6, 6.07) is 5.66. The maximum atomic E-state index is 7.00. The summed E-state index contributed by atoms with van der Waals surface area (Å²) in [5, 5.41) is 7.65. The number of amidine groups is 1. The van der Waals surface area contributed by atoms with Gasteiger partial charge in [-0.2, -0.15) is 0 Å². The van der Waals surface area contributed by atoms with E-state index in [0.29, 0.717) is 10.9 Å². The second-order valence-corrected chi connectivity index (χ2v) is 3.65. The van der Waals surface area contributed by atoms with Crippen molar-refractivity contribution in [3.05, 3.63) is 34.3 Å². The molecule has 0 saturated heterocycles. The molecule has 21 heavy (non-hydrogen) atoms. The van der Waals surface area contributed by atoms with Crippen LogP contribution in [0.15, 0.2) is 23.2 Å². The number of nitrogens with zero attached hydrogens (tertiary/aromatic N) is 1. The molecule has 0 spiro atoms. The van der Waals surface area contributed by atoms with Gasteiger partial charge in [0.05, 0.1) is 5.02 Å². The second kappa shape index (κ2) is 24.0. The van der Waals surface area contributed by atoms with Crippen molar-refractivity contribution >= 4 is 17.4 Å². The predicted octanol–water partition coefficient (Wildman–Crippen LogP) is 5.06. The van der Waals surface area contributed by atoms with Crippen LogP contribution in [0.25, 0.3) is 0 Å². The Morgan fingerprint density at radius 3 is 1.81 bits per heavy atom. The molecule has 0 heterocycles. The van der Waals surface area contributed by atoms with E-state index < -0.39 is 0 Å². The maximum absolute atomic E-state index is 7.00. The number of rotatable bonds is 1. The summed E-state index contributed by atoms with van der Waals surface area (Å²) in [4.78, 5) is 3.89. The van der Waals surface area contributed by atoms with E-state index in [4.69, 9.17) is 22.4 Å². The Labute approximate surface area is 137 Å². The fourth-order valence-electron chi connectivity index (χ4n) is 1.07. The lowest BCUT2D eigenvalue weighted by Crippen LogP contribution is -2.15. The predicted molar refractivity (Wildman–Crippen MR) is 99.6 cm³/mol. The molecule has 126 valence electrons. The van der Waals surface area contributed by atoms with Crippen LogP contribution in [-0.4, -0.2) is 25.1 Å². The van der Waals surface area contributed by atoms with Gasteiger partial charge in [-0.1, -0.05) is 71.7 Å². The standard InChI is InChI=1S/C9H11ClN2.C3H8.2C2H6.CH4O/c1-6-4-3-5-7(10)8(6)9(11)12-2;1-3-2;3*1-2/h3-5H,1-2H3,(H2,11,12);3H2,1-2H3;2*1-2H3;2H,1H3. The van der Waals surface area contributed by atoms with Gasteiger partial charge in [0.2, 0.25) is 0 Å². The Bertz CT molecular complexity index is 319. The van der Waals surface area contributed by atoms with Gasteiger partial charge in [0.15, 0.2) is 0 Å². The Morgan fingerprint density at radius 2 is 1.52 bits per heavy atom. The Kier molecular flexibility index (Phi) is 32.2. The van der Waals surface area contributed by atoms with E-state index in [1.54, 1.807) is 7.05 Å². The van der Waals surface area contributed by atoms with Crippen molar-refractivity contribution in [2.24, 2.45) is 10.7 Å². The summed E-state index contributed by atoms with van der Waals surface area (Å²) in [5.41, 5.74) is 7.54. The molecule has 4 heteroatoms. The van der Waals surface area contributed by atoms with Gasteiger partial charge in [-0.25, -0.2) is 0 Å². The van der Waals surface area contributed by atoms with Gasteiger partial charge < -0.3 is 10.8 Å². The quantitative estimate of drug-likeness (QED) is 0.561. The SMILES string of the molecule is CC.CC.CCC.CN=C(N)c1c(C)cccc1Cl.CO. The van der Waals surface area contributed by atoms with E-state index in [-0.39, 0.29) is 0 Å². The molecule has 3 N–H and O–H groups in total. The van der Waals surface area contributed by atoms with Gasteiger partial charge in [0.1, 0.15) is 5.84 Å². The molecule has 0 atom stereocenters. The Balaban J connectivity index is -0.000000136. The van der Waals surface area contributed by atoms with Crippen LogP contribution in [0, 0.1) is 6.92 Å². The van der Waals surface area contributed by atoms with Crippen LogP contribution in [0.1, 0.15) is 59.1 Å². The van der Waals surface area contributed by atoms with Crippen molar-refractivity contribution in [1.82, 2.24) is 0 Å².